The number of hydrogen-bond acceptors (Lipinski definition) is 5. The van der Waals surface area contributed by atoms with Crippen molar-refractivity contribution in [1.29, 1.82) is 0 Å². The molecular formula is C21H20ClN3O4. The molecule has 7 nitrogen and oxygen atoms in total. The molecule has 8 heteroatoms. The largest absolute Gasteiger partial charge is 0.466 e. The minimum Gasteiger partial charge on any atom is -0.466 e. The fourth-order valence-electron chi connectivity index (χ4n) is 2.90. The number of amides is 1. The quantitative estimate of drug-likeness (QED) is 0.578. The number of anilines is 1. The van der Waals surface area contributed by atoms with Crippen molar-refractivity contribution in [2.24, 2.45) is 0 Å². The van der Waals surface area contributed by atoms with Gasteiger partial charge in [0.1, 0.15) is 0 Å². The van der Waals surface area contributed by atoms with E-state index in [9.17, 15) is 14.4 Å². The number of benzene rings is 2. The number of fused-ring (bicyclic) bond motifs is 1. The molecule has 150 valence electrons. The molecule has 0 aliphatic carbocycles. The van der Waals surface area contributed by atoms with Crippen molar-refractivity contribution in [2.75, 3.05) is 11.9 Å². The molecule has 0 saturated carbocycles. The first kappa shape index (κ1) is 20.5. The summed E-state index contributed by atoms with van der Waals surface area (Å²) in [6, 6.07) is 12.5. The normalized spacial score (nSPS) is 10.7. The fourth-order valence-corrected chi connectivity index (χ4v) is 3.03. The monoisotopic (exact) mass is 413 g/mol. The van der Waals surface area contributed by atoms with Gasteiger partial charge in [-0.15, -0.1) is 0 Å². The highest BCUT2D eigenvalue weighted by Crippen LogP contribution is 2.21. The van der Waals surface area contributed by atoms with Crippen LogP contribution in [0.25, 0.3) is 10.8 Å². The predicted octanol–water partition coefficient (Wildman–Crippen LogP) is 3.45. The zero-order valence-corrected chi connectivity index (χ0v) is 16.6. The Bertz CT molecular complexity index is 1090. The van der Waals surface area contributed by atoms with Gasteiger partial charge in [-0.1, -0.05) is 29.8 Å². The van der Waals surface area contributed by atoms with Crippen LogP contribution < -0.4 is 10.9 Å². The second kappa shape index (κ2) is 9.34. The van der Waals surface area contributed by atoms with Crippen LogP contribution in [0.1, 0.15) is 31.0 Å². The number of aromatic amines is 1. The summed E-state index contributed by atoms with van der Waals surface area (Å²) >= 11 is 5.92. The van der Waals surface area contributed by atoms with Gasteiger partial charge in [0, 0.05) is 28.9 Å². The number of rotatable bonds is 7. The minimum atomic E-state index is -0.421. The lowest BCUT2D eigenvalue weighted by Gasteiger charge is -2.09. The van der Waals surface area contributed by atoms with Crippen molar-refractivity contribution in [3.05, 3.63) is 69.1 Å². The topological polar surface area (TPSA) is 101 Å². The molecule has 0 unspecified atom stereocenters. The summed E-state index contributed by atoms with van der Waals surface area (Å²) in [7, 11) is 0. The third-order valence-corrected chi connectivity index (χ3v) is 4.55. The molecule has 0 fully saturated rings. The number of hydrogen-bond donors (Lipinski definition) is 2. The van der Waals surface area contributed by atoms with E-state index in [4.69, 9.17) is 16.3 Å². The molecule has 0 aliphatic heterocycles. The van der Waals surface area contributed by atoms with Crippen LogP contribution in [0.4, 0.5) is 5.69 Å². The maximum absolute atomic E-state index is 12.2. The van der Waals surface area contributed by atoms with E-state index in [0.717, 1.165) is 5.56 Å². The van der Waals surface area contributed by atoms with Crippen molar-refractivity contribution in [1.82, 2.24) is 10.2 Å². The molecule has 0 saturated heterocycles. The van der Waals surface area contributed by atoms with Crippen molar-refractivity contribution < 1.29 is 14.3 Å². The lowest BCUT2D eigenvalue weighted by atomic mass is 10.0. The molecule has 3 aromatic rings. The summed E-state index contributed by atoms with van der Waals surface area (Å²) in [5.74, 6) is -0.750. The van der Waals surface area contributed by atoms with Gasteiger partial charge in [-0.2, -0.15) is 5.10 Å². The summed E-state index contributed by atoms with van der Waals surface area (Å²) in [6.07, 6.45) is 0.532. The highest BCUT2D eigenvalue weighted by molar-refractivity contribution is 6.30. The molecule has 0 radical (unpaired) electrons. The van der Waals surface area contributed by atoms with Crippen LogP contribution in [0.5, 0.6) is 0 Å². The number of halogens is 1. The van der Waals surface area contributed by atoms with Crippen molar-refractivity contribution in [3.63, 3.8) is 0 Å². The molecule has 1 heterocycles. The van der Waals surface area contributed by atoms with Crippen molar-refractivity contribution in [3.8, 4) is 0 Å². The zero-order chi connectivity index (χ0) is 20.8. The fraction of sp³-hybridized carbons (Fsp3) is 0.238. The summed E-state index contributed by atoms with van der Waals surface area (Å²) in [5.41, 5.74) is 1.84. The van der Waals surface area contributed by atoms with Crippen LogP contribution in [0, 0.1) is 0 Å². The average Bonchev–Trinajstić information content (AvgIpc) is 2.71. The van der Waals surface area contributed by atoms with E-state index >= 15 is 0 Å². The maximum Gasteiger partial charge on any atom is 0.306 e. The number of aromatic nitrogens is 2. The molecule has 29 heavy (non-hydrogen) atoms. The Morgan fingerprint density at radius 1 is 1.10 bits per heavy atom. The van der Waals surface area contributed by atoms with Gasteiger partial charge >= 0.3 is 5.97 Å². The number of nitrogens with zero attached hydrogens (tertiary/aromatic N) is 1. The molecule has 3 rings (SSSR count). The third-order valence-electron chi connectivity index (χ3n) is 4.30. The Kier molecular flexibility index (Phi) is 6.61. The molecule has 1 aromatic heterocycles. The van der Waals surface area contributed by atoms with Gasteiger partial charge in [-0.25, -0.2) is 5.10 Å². The summed E-state index contributed by atoms with van der Waals surface area (Å²) in [5, 5.41) is 11.1. The van der Waals surface area contributed by atoms with E-state index in [2.05, 4.69) is 15.5 Å². The molecule has 2 N–H and O–H groups in total. The van der Waals surface area contributed by atoms with Gasteiger partial charge in [0.05, 0.1) is 24.1 Å². The van der Waals surface area contributed by atoms with Crippen molar-refractivity contribution in [2.45, 2.75) is 26.2 Å². The van der Waals surface area contributed by atoms with E-state index in [0.29, 0.717) is 33.6 Å². The van der Waals surface area contributed by atoms with Crippen molar-refractivity contribution >= 4 is 39.9 Å². The van der Waals surface area contributed by atoms with E-state index in [1.165, 1.54) is 0 Å². The van der Waals surface area contributed by atoms with Gasteiger partial charge in [0.25, 0.3) is 5.56 Å². The number of carbonyl (C=O) groups excluding carboxylic acids is 2. The smallest absolute Gasteiger partial charge is 0.306 e. The number of H-pyrrole nitrogens is 1. The maximum atomic E-state index is 12.2. The second-order valence-corrected chi connectivity index (χ2v) is 6.85. The van der Waals surface area contributed by atoms with Gasteiger partial charge in [0.15, 0.2) is 0 Å². The molecule has 0 atom stereocenters. The zero-order valence-electron chi connectivity index (χ0n) is 15.8. The highest BCUT2D eigenvalue weighted by Gasteiger charge is 2.11. The number of carbonyl (C=O) groups is 2. The number of ether oxygens (including phenoxy) is 1. The van der Waals surface area contributed by atoms with Crippen LogP contribution in [-0.2, 0) is 20.7 Å². The average molecular weight is 414 g/mol. The lowest BCUT2D eigenvalue weighted by Crippen LogP contribution is -2.15. The minimum absolute atomic E-state index is 0.00297. The highest BCUT2D eigenvalue weighted by atomic mass is 35.5. The number of nitrogens with one attached hydrogen (secondary N) is 2. The first-order valence-electron chi connectivity index (χ1n) is 9.17. The van der Waals surface area contributed by atoms with E-state index in [-0.39, 0.29) is 30.9 Å². The van der Waals surface area contributed by atoms with Gasteiger partial charge in [-0.05, 0) is 36.8 Å². The Hall–Kier alpha value is -3.19. The van der Waals surface area contributed by atoms with Crippen LogP contribution in [0.15, 0.2) is 47.3 Å². The van der Waals surface area contributed by atoms with Gasteiger partial charge in [-0.3, -0.25) is 14.4 Å². The van der Waals surface area contributed by atoms with Crippen LogP contribution >= 0.6 is 11.6 Å². The molecule has 1 amide bonds. The molecular weight excluding hydrogens is 394 g/mol. The van der Waals surface area contributed by atoms with Crippen LogP contribution in [0.2, 0.25) is 5.02 Å². The molecule has 0 spiro atoms. The first-order chi connectivity index (χ1) is 14.0. The van der Waals surface area contributed by atoms with Crippen LogP contribution in [0.3, 0.4) is 0 Å². The Morgan fingerprint density at radius 2 is 1.86 bits per heavy atom. The lowest BCUT2D eigenvalue weighted by molar-refractivity contribution is -0.144. The Morgan fingerprint density at radius 3 is 2.59 bits per heavy atom. The number of esters is 1. The first-order valence-corrected chi connectivity index (χ1v) is 9.55. The Balaban J connectivity index is 1.78. The van der Waals surface area contributed by atoms with E-state index < -0.39 is 5.97 Å². The second-order valence-electron chi connectivity index (χ2n) is 6.42. The molecule has 0 aliphatic rings. The predicted molar refractivity (Wildman–Crippen MR) is 111 cm³/mol. The Labute approximate surface area is 172 Å². The molecule has 2 aromatic carbocycles. The standard InChI is InChI=1S/C21H20ClN3O4/c1-2-29-20(27)10-9-19(26)23-15-7-8-16-17(12-15)21(28)25-24-18(16)11-13-3-5-14(22)6-4-13/h3-8,12H,2,9-11H2,1H3,(H,23,26)(H,25,28). The summed E-state index contributed by atoms with van der Waals surface area (Å²) in [6.45, 7) is 1.99. The van der Waals surface area contributed by atoms with E-state index in [1.54, 1.807) is 37.3 Å². The van der Waals surface area contributed by atoms with Gasteiger partial charge in [0.2, 0.25) is 5.91 Å². The summed E-state index contributed by atoms with van der Waals surface area (Å²) in [4.78, 5) is 35.7. The SMILES string of the molecule is CCOC(=O)CCC(=O)Nc1ccc2c(Cc3ccc(Cl)cc3)n[nH]c(=O)c2c1. The van der Waals surface area contributed by atoms with Gasteiger partial charge < -0.3 is 10.1 Å². The summed E-state index contributed by atoms with van der Waals surface area (Å²) < 4.78 is 4.81. The molecule has 0 bridgehead atoms. The third kappa shape index (κ3) is 5.42. The van der Waals surface area contributed by atoms with Crippen LogP contribution in [-0.4, -0.2) is 28.7 Å². The van der Waals surface area contributed by atoms with E-state index in [1.807, 2.05) is 12.1 Å².